The number of unbranched alkanes of at least 4 members (excludes halogenated alkanes) is 1. The van der Waals surface area contributed by atoms with E-state index in [2.05, 4.69) is 13.8 Å². The molecular formula is C15H21FO2. The quantitative estimate of drug-likeness (QED) is 0.647. The molecule has 0 fully saturated rings. The van der Waals surface area contributed by atoms with Crippen LogP contribution in [0.5, 0.6) is 5.75 Å². The minimum atomic E-state index is -0.468. The van der Waals surface area contributed by atoms with Crippen molar-refractivity contribution in [3.05, 3.63) is 29.6 Å². The number of para-hydroxylation sites is 1. The van der Waals surface area contributed by atoms with Gasteiger partial charge in [0.25, 0.3) is 0 Å². The summed E-state index contributed by atoms with van der Waals surface area (Å²) in [5, 5.41) is 0. The summed E-state index contributed by atoms with van der Waals surface area (Å²) in [4.78, 5) is 10.8. The number of benzene rings is 1. The summed E-state index contributed by atoms with van der Waals surface area (Å²) in [6.07, 6.45) is 5.02. The number of halogens is 1. The Kier molecular flexibility index (Phi) is 6.40. The first-order chi connectivity index (χ1) is 8.72. The molecule has 1 atom stereocenters. The molecule has 0 aliphatic heterocycles. The third kappa shape index (κ3) is 4.13. The van der Waals surface area contributed by atoms with Gasteiger partial charge in [0, 0.05) is 0 Å². The second-order valence-corrected chi connectivity index (χ2v) is 4.50. The smallest absolute Gasteiger partial charge is 0.165 e. The Hall–Kier alpha value is -1.38. The Labute approximate surface area is 108 Å². The average Bonchev–Trinajstić information content (AvgIpc) is 2.40. The van der Waals surface area contributed by atoms with Gasteiger partial charge in [-0.1, -0.05) is 39.2 Å². The molecule has 0 aliphatic carbocycles. The standard InChI is InChI=1S/C15H21FO2/c1-3-5-7-12(4-2)11-18-15-13(10-17)8-6-9-14(15)16/h6,8-10,12H,3-5,7,11H2,1-2H3. The van der Waals surface area contributed by atoms with Crippen LogP contribution in [0.3, 0.4) is 0 Å². The molecule has 0 radical (unpaired) electrons. The largest absolute Gasteiger partial charge is 0.489 e. The SMILES string of the molecule is CCCCC(CC)COc1c(F)cccc1C=O. The van der Waals surface area contributed by atoms with E-state index in [1.807, 2.05) is 0 Å². The molecular weight excluding hydrogens is 231 g/mol. The average molecular weight is 252 g/mol. The third-order valence-electron chi connectivity index (χ3n) is 3.13. The fourth-order valence-electron chi connectivity index (χ4n) is 1.87. The molecule has 0 aliphatic rings. The van der Waals surface area contributed by atoms with Gasteiger partial charge in [-0.25, -0.2) is 4.39 Å². The Balaban J connectivity index is 2.64. The molecule has 0 bridgehead atoms. The Morgan fingerprint density at radius 3 is 2.78 bits per heavy atom. The first-order valence-electron chi connectivity index (χ1n) is 6.59. The van der Waals surface area contributed by atoms with E-state index >= 15 is 0 Å². The van der Waals surface area contributed by atoms with Gasteiger partial charge in [0.15, 0.2) is 17.9 Å². The topological polar surface area (TPSA) is 26.3 Å². The van der Waals surface area contributed by atoms with Gasteiger partial charge in [-0.3, -0.25) is 4.79 Å². The lowest BCUT2D eigenvalue weighted by Crippen LogP contribution is -2.13. The molecule has 18 heavy (non-hydrogen) atoms. The second-order valence-electron chi connectivity index (χ2n) is 4.50. The number of hydrogen-bond donors (Lipinski definition) is 0. The van der Waals surface area contributed by atoms with Crippen molar-refractivity contribution in [1.82, 2.24) is 0 Å². The minimum absolute atomic E-state index is 0.0856. The van der Waals surface area contributed by atoms with Crippen LogP contribution in [0.25, 0.3) is 0 Å². The molecule has 0 heterocycles. The van der Waals surface area contributed by atoms with Gasteiger partial charge in [-0.15, -0.1) is 0 Å². The molecule has 1 unspecified atom stereocenters. The lowest BCUT2D eigenvalue weighted by molar-refractivity contribution is 0.111. The highest BCUT2D eigenvalue weighted by molar-refractivity contribution is 5.79. The first kappa shape index (κ1) is 14.7. The van der Waals surface area contributed by atoms with E-state index < -0.39 is 5.82 Å². The highest BCUT2D eigenvalue weighted by atomic mass is 19.1. The highest BCUT2D eigenvalue weighted by Crippen LogP contribution is 2.23. The van der Waals surface area contributed by atoms with Crippen molar-refractivity contribution in [2.75, 3.05) is 6.61 Å². The van der Waals surface area contributed by atoms with Crippen molar-refractivity contribution >= 4 is 6.29 Å². The summed E-state index contributed by atoms with van der Waals surface area (Å²) in [5.74, 6) is 0.0384. The maximum absolute atomic E-state index is 13.6. The number of hydrogen-bond acceptors (Lipinski definition) is 2. The van der Waals surface area contributed by atoms with Gasteiger partial charge in [-0.05, 0) is 24.5 Å². The second kappa shape index (κ2) is 7.85. The summed E-state index contributed by atoms with van der Waals surface area (Å²) in [5.41, 5.74) is 0.278. The number of rotatable bonds is 8. The normalized spacial score (nSPS) is 12.2. The van der Waals surface area contributed by atoms with Gasteiger partial charge in [-0.2, -0.15) is 0 Å². The molecule has 0 aromatic heterocycles. The van der Waals surface area contributed by atoms with Crippen LogP contribution in [-0.4, -0.2) is 12.9 Å². The fourth-order valence-corrected chi connectivity index (χ4v) is 1.87. The molecule has 2 nitrogen and oxygen atoms in total. The van der Waals surface area contributed by atoms with Crippen molar-refractivity contribution in [3.8, 4) is 5.75 Å². The van der Waals surface area contributed by atoms with Crippen LogP contribution in [-0.2, 0) is 0 Å². The lowest BCUT2D eigenvalue weighted by atomic mass is 10.0. The maximum Gasteiger partial charge on any atom is 0.165 e. The fraction of sp³-hybridized carbons (Fsp3) is 0.533. The Morgan fingerprint density at radius 2 is 2.17 bits per heavy atom. The van der Waals surface area contributed by atoms with Gasteiger partial charge < -0.3 is 4.74 Å². The van der Waals surface area contributed by atoms with E-state index in [0.29, 0.717) is 18.8 Å². The number of ether oxygens (including phenoxy) is 1. The lowest BCUT2D eigenvalue weighted by Gasteiger charge is -2.16. The molecule has 0 saturated carbocycles. The summed E-state index contributed by atoms with van der Waals surface area (Å²) in [7, 11) is 0. The van der Waals surface area contributed by atoms with E-state index in [0.717, 1.165) is 25.7 Å². The van der Waals surface area contributed by atoms with Crippen molar-refractivity contribution in [2.45, 2.75) is 39.5 Å². The monoisotopic (exact) mass is 252 g/mol. The molecule has 100 valence electrons. The van der Waals surface area contributed by atoms with Crippen molar-refractivity contribution < 1.29 is 13.9 Å². The van der Waals surface area contributed by atoms with Crippen molar-refractivity contribution in [2.24, 2.45) is 5.92 Å². The predicted octanol–water partition coefficient (Wildman–Crippen LogP) is 4.23. The van der Waals surface area contributed by atoms with Crippen molar-refractivity contribution in [3.63, 3.8) is 0 Å². The highest BCUT2D eigenvalue weighted by Gasteiger charge is 2.12. The number of carbonyl (C=O) groups is 1. The van der Waals surface area contributed by atoms with Crippen LogP contribution in [0.15, 0.2) is 18.2 Å². The molecule has 0 saturated heterocycles. The molecule has 0 N–H and O–H groups in total. The van der Waals surface area contributed by atoms with E-state index in [1.165, 1.54) is 12.1 Å². The van der Waals surface area contributed by atoms with Gasteiger partial charge in [0.05, 0.1) is 12.2 Å². The first-order valence-corrected chi connectivity index (χ1v) is 6.59. The molecule has 3 heteroatoms. The number of aldehydes is 1. The summed E-state index contributed by atoms with van der Waals surface area (Å²) in [6, 6.07) is 4.40. The molecule has 1 rings (SSSR count). The van der Waals surface area contributed by atoms with Crippen LogP contribution in [0.1, 0.15) is 49.9 Å². The summed E-state index contributed by atoms with van der Waals surface area (Å²) < 4.78 is 19.1. The Bertz CT molecular complexity index is 377. The van der Waals surface area contributed by atoms with Crippen LogP contribution >= 0.6 is 0 Å². The van der Waals surface area contributed by atoms with E-state index in [9.17, 15) is 9.18 Å². The Morgan fingerprint density at radius 1 is 1.39 bits per heavy atom. The van der Waals surface area contributed by atoms with Crippen LogP contribution < -0.4 is 4.74 Å². The molecule has 1 aromatic rings. The zero-order valence-corrected chi connectivity index (χ0v) is 11.1. The van der Waals surface area contributed by atoms with Gasteiger partial charge in [0.2, 0.25) is 0 Å². The third-order valence-corrected chi connectivity index (χ3v) is 3.13. The number of carbonyl (C=O) groups excluding carboxylic acids is 1. The van der Waals surface area contributed by atoms with E-state index in [1.54, 1.807) is 6.07 Å². The van der Waals surface area contributed by atoms with Gasteiger partial charge >= 0.3 is 0 Å². The summed E-state index contributed by atoms with van der Waals surface area (Å²) >= 11 is 0. The van der Waals surface area contributed by atoms with Crippen LogP contribution in [0.2, 0.25) is 0 Å². The zero-order chi connectivity index (χ0) is 13.4. The van der Waals surface area contributed by atoms with E-state index in [4.69, 9.17) is 4.74 Å². The molecule has 0 amide bonds. The molecule has 0 spiro atoms. The predicted molar refractivity (Wildman–Crippen MR) is 70.6 cm³/mol. The molecule has 1 aromatic carbocycles. The van der Waals surface area contributed by atoms with Gasteiger partial charge in [0.1, 0.15) is 0 Å². The van der Waals surface area contributed by atoms with Crippen molar-refractivity contribution in [1.29, 1.82) is 0 Å². The summed E-state index contributed by atoms with van der Waals surface area (Å²) in [6.45, 7) is 4.72. The zero-order valence-electron chi connectivity index (χ0n) is 11.1. The van der Waals surface area contributed by atoms with Crippen LogP contribution in [0.4, 0.5) is 4.39 Å². The minimum Gasteiger partial charge on any atom is -0.489 e. The van der Waals surface area contributed by atoms with E-state index in [-0.39, 0.29) is 11.3 Å². The van der Waals surface area contributed by atoms with Crippen LogP contribution in [0, 0.1) is 11.7 Å². The maximum atomic E-state index is 13.6.